The van der Waals surface area contributed by atoms with E-state index in [0.717, 1.165) is 21.6 Å². The highest BCUT2D eigenvalue weighted by Crippen LogP contribution is 2.19. The Bertz CT molecular complexity index is 982. The molecule has 0 spiro atoms. The van der Waals surface area contributed by atoms with E-state index in [9.17, 15) is 9.59 Å². The molecule has 3 rings (SSSR count). The first-order valence-corrected chi connectivity index (χ1v) is 9.21. The van der Waals surface area contributed by atoms with Crippen LogP contribution in [0.4, 0.5) is 5.69 Å². The van der Waals surface area contributed by atoms with Crippen molar-refractivity contribution in [2.24, 2.45) is 0 Å². The maximum Gasteiger partial charge on any atom is 0.272 e. The Kier molecular flexibility index (Phi) is 5.19. The van der Waals surface area contributed by atoms with Gasteiger partial charge in [0, 0.05) is 23.5 Å². The number of aromatic nitrogens is 2. The summed E-state index contributed by atoms with van der Waals surface area (Å²) in [6.45, 7) is 2.01. The van der Waals surface area contributed by atoms with Crippen molar-refractivity contribution in [1.82, 2.24) is 9.55 Å². The number of carbonyl (C=O) groups is 1. The van der Waals surface area contributed by atoms with Crippen LogP contribution in [0.15, 0.2) is 58.2 Å². The average Bonchev–Trinajstić information content (AvgIpc) is 2.62. The Labute approximate surface area is 150 Å². The molecule has 3 aromatic rings. The van der Waals surface area contributed by atoms with Crippen LogP contribution < -0.4 is 10.9 Å². The second kappa shape index (κ2) is 7.53. The zero-order chi connectivity index (χ0) is 17.8. The minimum atomic E-state index is -0.157. The third kappa shape index (κ3) is 3.91. The van der Waals surface area contributed by atoms with Crippen LogP contribution in [0, 0.1) is 6.92 Å². The fourth-order valence-electron chi connectivity index (χ4n) is 2.68. The van der Waals surface area contributed by atoms with Crippen molar-refractivity contribution >= 4 is 34.4 Å². The molecule has 0 aliphatic rings. The predicted octanol–water partition coefficient (Wildman–Crippen LogP) is 3.46. The Morgan fingerprint density at radius 2 is 2.00 bits per heavy atom. The monoisotopic (exact) mass is 353 g/mol. The molecule has 0 bridgehead atoms. The smallest absolute Gasteiger partial charge is 0.272 e. The van der Waals surface area contributed by atoms with Crippen molar-refractivity contribution < 1.29 is 4.79 Å². The van der Waals surface area contributed by atoms with Crippen LogP contribution in [0.5, 0.6) is 0 Å². The number of rotatable bonds is 5. The number of anilines is 1. The van der Waals surface area contributed by atoms with Gasteiger partial charge in [-0.05, 0) is 43.5 Å². The molecule has 0 fully saturated rings. The lowest BCUT2D eigenvalue weighted by atomic mass is 10.2. The van der Waals surface area contributed by atoms with Crippen LogP contribution in [0.25, 0.3) is 11.0 Å². The van der Waals surface area contributed by atoms with Crippen molar-refractivity contribution in [1.29, 1.82) is 0 Å². The number of aryl methyl sites for hydroxylation is 2. The number of hydrogen-bond donors (Lipinski definition) is 1. The number of benzene rings is 2. The molecule has 1 heterocycles. The van der Waals surface area contributed by atoms with Crippen molar-refractivity contribution in [3.8, 4) is 0 Å². The van der Waals surface area contributed by atoms with Gasteiger partial charge in [0.1, 0.15) is 5.69 Å². The number of fused-ring (bicyclic) bond motifs is 1. The van der Waals surface area contributed by atoms with E-state index in [0.29, 0.717) is 12.2 Å². The average molecular weight is 353 g/mol. The molecular formula is C19H19N3O2S. The van der Waals surface area contributed by atoms with Crippen molar-refractivity contribution in [3.63, 3.8) is 0 Å². The number of para-hydroxylation sites is 2. The lowest BCUT2D eigenvalue weighted by molar-refractivity contribution is -0.116. The molecule has 25 heavy (non-hydrogen) atoms. The first kappa shape index (κ1) is 17.2. The Balaban J connectivity index is 1.77. The highest BCUT2D eigenvalue weighted by atomic mass is 32.2. The quantitative estimate of drug-likeness (QED) is 0.714. The second-order valence-corrected chi connectivity index (χ2v) is 6.55. The molecule has 1 N–H and O–H groups in total. The number of thioether (sulfide) groups is 1. The summed E-state index contributed by atoms with van der Waals surface area (Å²) in [7, 11) is 0. The molecular weight excluding hydrogens is 334 g/mol. The molecule has 128 valence electrons. The highest BCUT2D eigenvalue weighted by Gasteiger charge is 2.10. The molecule has 0 aliphatic carbocycles. The summed E-state index contributed by atoms with van der Waals surface area (Å²) >= 11 is 1.62. The summed E-state index contributed by atoms with van der Waals surface area (Å²) in [4.78, 5) is 30.1. The number of nitrogens with one attached hydrogen (secondary N) is 1. The third-order valence-corrected chi connectivity index (χ3v) is 4.66. The summed E-state index contributed by atoms with van der Waals surface area (Å²) in [5.74, 6) is -0.122. The van der Waals surface area contributed by atoms with Gasteiger partial charge < -0.3 is 9.88 Å². The standard InChI is InChI=1S/C19H19N3O2S/c1-13-19(24)22(17-9-4-3-8-16(17)20-13)11-10-18(23)21-14-6-5-7-15(12-14)25-2/h3-9,12H,10-11H2,1-2H3,(H,21,23). The topological polar surface area (TPSA) is 64.0 Å². The lowest BCUT2D eigenvalue weighted by Crippen LogP contribution is -2.26. The largest absolute Gasteiger partial charge is 0.326 e. The van der Waals surface area contributed by atoms with Gasteiger partial charge in [0.05, 0.1) is 11.0 Å². The molecule has 0 saturated heterocycles. The molecule has 0 saturated carbocycles. The summed E-state index contributed by atoms with van der Waals surface area (Å²) in [5.41, 5.74) is 2.55. The van der Waals surface area contributed by atoms with Crippen LogP contribution in [0.3, 0.4) is 0 Å². The van der Waals surface area contributed by atoms with Crippen molar-refractivity contribution in [2.45, 2.75) is 24.8 Å². The second-order valence-electron chi connectivity index (χ2n) is 5.67. The number of carbonyl (C=O) groups excluding carboxylic acids is 1. The van der Waals surface area contributed by atoms with E-state index in [4.69, 9.17) is 0 Å². The number of nitrogens with zero attached hydrogens (tertiary/aromatic N) is 2. The molecule has 0 aliphatic heterocycles. The summed E-state index contributed by atoms with van der Waals surface area (Å²) < 4.78 is 1.62. The normalized spacial score (nSPS) is 10.8. The molecule has 0 radical (unpaired) electrons. The number of hydrogen-bond acceptors (Lipinski definition) is 4. The van der Waals surface area contributed by atoms with Crippen LogP contribution in [-0.2, 0) is 11.3 Å². The van der Waals surface area contributed by atoms with Crippen molar-refractivity contribution in [3.05, 3.63) is 64.6 Å². The summed E-state index contributed by atoms with van der Waals surface area (Å²) in [5, 5.41) is 2.89. The molecule has 2 aromatic carbocycles. The maximum atomic E-state index is 12.4. The Morgan fingerprint density at radius 1 is 1.20 bits per heavy atom. The predicted molar refractivity (Wildman–Crippen MR) is 102 cm³/mol. The minimum Gasteiger partial charge on any atom is -0.326 e. The molecule has 5 nitrogen and oxygen atoms in total. The third-order valence-electron chi connectivity index (χ3n) is 3.93. The van der Waals surface area contributed by atoms with Crippen LogP contribution in [0.1, 0.15) is 12.1 Å². The van der Waals surface area contributed by atoms with Gasteiger partial charge in [0.15, 0.2) is 0 Å². The van der Waals surface area contributed by atoms with E-state index in [-0.39, 0.29) is 17.9 Å². The van der Waals surface area contributed by atoms with Gasteiger partial charge in [-0.15, -0.1) is 11.8 Å². The summed E-state index contributed by atoms with van der Waals surface area (Å²) in [6, 6.07) is 15.2. The number of amides is 1. The molecule has 1 aromatic heterocycles. The maximum absolute atomic E-state index is 12.4. The minimum absolute atomic E-state index is 0.122. The zero-order valence-electron chi connectivity index (χ0n) is 14.2. The fourth-order valence-corrected chi connectivity index (χ4v) is 3.14. The molecule has 0 atom stereocenters. The molecule has 6 heteroatoms. The Hall–Kier alpha value is -2.60. The van der Waals surface area contributed by atoms with Gasteiger partial charge in [0.25, 0.3) is 5.56 Å². The molecule has 0 unspecified atom stereocenters. The first-order valence-electron chi connectivity index (χ1n) is 7.98. The Morgan fingerprint density at radius 3 is 2.80 bits per heavy atom. The van der Waals surface area contributed by atoms with E-state index in [1.807, 2.05) is 54.8 Å². The van der Waals surface area contributed by atoms with Crippen LogP contribution >= 0.6 is 11.8 Å². The van der Waals surface area contributed by atoms with E-state index >= 15 is 0 Å². The van der Waals surface area contributed by atoms with Gasteiger partial charge >= 0.3 is 0 Å². The summed E-state index contributed by atoms with van der Waals surface area (Å²) in [6.07, 6.45) is 2.21. The van der Waals surface area contributed by atoms with Crippen molar-refractivity contribution in [2.75, 3.05) is 11.6 Å². The zero-order valence-corrected chi connectivity index (χ0v) is 15.0. The molecule has 1 amide bonds. The van der Waals surface area contributed by atoms with Gasteiger partial charge in [0.2, 0.25) is 5.91 Å². The van der Waals surface area contributed by atoms with Gasteiger partial charge in [-0.1, -0.05) is 18.2 Å². The van der Waals surface area contributed by atoms with Crippen LogP contribution in [0.2, 0.25) is 0 Å². The fraction of sp³-hybridized carbons (Fsp3) is 0.211. The van der Waals surface area contributed by atoms with Crippen LogP contribution in [-0.4, -0.2) is 21.7 Å². The van der Waals surface area contributed by atoms with E-state index in [1.165, 1.54) is 0 Å². The van der Waals surface area contributed by atoms with Gasteiger partial charge in [-0.2, -0.15) is 0 Å². The first-order chi connectivity index (χ1) is 12.1. The SMILES string of the molecule is CSc1cccc(NC(=O)CCn2c(=O)c(C)nc3ccccc32)c1. The van der Waals surface area contributed by atoms with E-state index in [2.05, 4.69) is 10.3 Å². The lowest BCUT2D eigenvalue weighted by Gasteiger charge is -2.11. The van der Waals surface area contributed by atoms with E-state index < -0.39 is 0 Å². The van der Waals surface area contributed by atoms with Gasteiger partial charge in [-0.25, -0.2) is 4.98 Å². The van der Waals surface area contributed by atoms with Gasteiger partial charge in [-0.3, -0.25) is 9.59 Å². The highest BCUT2D eigenvalue weighted by molar-refractivity contribution is 7.98. The van der Waals surface area contributed by atoms with E-state index in [1.54, 1.807) is 23.3 Å².